The number of hydrogen-bond donors (Lipinski definition) is 1. The fourth-order valence-corrected chi connectivity index (χ4v) is 3.60. The van der Waals surface area contributed by atoms with Gasteiger partial charge in [0, 0.05) is 21.7 Å². The Morgan fingerprint density at radius 1 is 1.21 bits per heavy atom. The van der Waals surface area contributed by atoms with E-state index in [4.69, 9.17) is 16.3 Å². The number of halogens is 1. The van der Waals surface area contributed by atoms with E-state index in [1.54, 1.807) is 12.1 Å². The number of benzene rings is 2. The van der Waals surface area contributed by atoms with Crippen molar-refractivity contribution in [2.24, 2.45) is 0 Å². The minimum absolute atomic E-state index is 0.0933. The number of carbonyl (C=O) groups is 1. The summed E-state index contributed by atoms with van der Waals surface area (Å²) in [6.07, 6.45) is 2.32. The molecule has 0 unspecified atom stereocenters. The van der Waals surface area contributed by atoms with Gasteiger partial charge in [0.05, 0.1) is 0 Å². The van der Waals surface area contributed by atoms with E-state index in [2.05, 4.69) is 15.5 Å². The highest BCUT2D eigenvalue weighted by atomic mass is 35.5. The van der Waals surface area contributed by atoms with Crippen molar-refractivity contribution in [3.05, 3.63) is 46.4 Å². The number of fused-ring (bicyclic) bond motifs is 1. The lowest BCUT2D eigenvalue weighted by molar-refractivity contribution is -0.118. The van der Waals surface area contributed by atoms with Gasteiger partial charge < -0.3 is 4.74 Å². The van der Waals surface area contributed by atoms with Crippen molar-refractivity contribution in [2.75, 3.05) is 11.9 Å². The molecule has 0 spiro atoms. The highest BCUT2D eigenvalue weighted by Gasteiger charge is 2.27. The number of nitrogens with zero attached hydrogens (tertiary/aromatic N) is 2. The second-order valence-corrected chi connectivity index (χ2v) is 7.06. The first-order valence-corrected chi connectivity index (χ1v) is 8.83. The molecule has 1 aliphatic carbocycles. The van der Waals surface area contributed by atoms with Gasteiger partial charge in [0.15, 0.2) is 6.61 Å². The van der Waals surface area contributed by atoms with Crippen LogP contribution in [0.1, 0.15) is 23.8 Å². The summed E-state index contributed by atoms with van der Waals surface area (Å²) in [5, 5.41) is 14.8. The molecule has 1 fully saturated rings. The minimum atomic E-state index is -0.257. The Morgan fingerprint density at radius 2 is 2.00 bits per heavy atom. The van der Waals surface area contributed by atoms with Crippen LogP contribution in [-0.4, -0.2) is 22.7 Å². The number of nitrogens with one attached hydrogen (secondary N) is 1. The molecule has 0 atom stereocenters. The van der Waals surface area contributed by atoms with Crippen molar-refractivity contribution in [1.82, 2.24) is 10.2 Å². The summed E-state index contributed by atoms with van der Waals surface area (Å²) in [5.74, 6) is 0.901. The van der Waals surface area contributed by atoms with E-state index in [0.717, 1.165) is 28.6 Å². The summed E-state index contributed by atoms with van der Waals surface area (Å²) in [5.41, 5.74) is 0. The number of amides is 1. The van der Waals surface area contributed by atoms with Gasteiger partial charge in [-0.25, -0.2) is 0 Å². The summed E-state index contributed by atoms with van der Waals surface area (Å²) >= 11 is 7.61. The fraction of sp³-hybridized carbons (Fsp3) is 0.235. The van der Waals surface area contributed by atoms with Gasteiger partial charge in [0.2, 0.25) is 5.13 Å². The molecule has 1 aromatic heterocycles. The SMILES string of the molecule is O=C(COc1ccc(Cl)c2ccccc12)Nc1nnc(C2CC2)s1. The molecule has 5 nitrogen and oxygen atoms in total. The lowest BCUT2D eigenvalue weighted by Gasteiger charge is -2.09. The van der Waals surface area contributed by atoms with Crippen LogP contribution in [0, 0.1) is 0 Å². The maximum atomic E-state index is 12.1. The van der Waals surface area contributed by atoms with Gasteiger partial charge in [-0.2, -0.15) is 0 Å². The molecule has 0 bridgehead atoms. The first-order valence-electron chi connectivity index (χ1n) is 7.64. The monoisotopic (exact) mass is 359 g/mol. The number of aromatic nitrogens is 2. The Bertz CT molecular complexity index is 908. The van der Waals surface area contributed by atoms with Crippen molar-refractivity contribution in [3.63, 3.8) is 0 Å². The molecule has 24 heavy (non-hydrogen) atoms. The molecule has 4 rings (SSSR count). The van der Waals surface area contributed by atoms with Crippen LogP contribution in [0.25, 0.3) is 10.8 Å². The maximum Gasteiger partial charge on any atom is 0.264 e. The van der Waals surface area contributed by atoms with Gasteiger partial charge in [-0.15, -0.1) is 10.2 Å². The van der Waals surface area contributed by atoms with Crippen LogP contribution in [0.4, 0.5) is 5.13 Å². The predicted octanol–water partition coefficient (Wildman–Crippen LogP) is 4.24. The van der Waals surface area contributed by atoms with Gasteiger partial charge >= 0.3 is 0 Å². The van der Waals surface area contributed by atoms with Crippen LogP contribution in [0.3, 0.4) is 0 Å². The molecular weight excluding hydrogens is 346 g/mol. The minimum Gasteiger partial charge on any atom is -0.483 e. The third-order valence-electron chi connectivity index (χ3n) is 3.80. The van der Waals surface area contributed by atoms with Crippen molar-refractivity contribution >= 4 is 44.7 Å². The predicted molar refractivity (Wildman–Crippen MR) is 95.0 cm³/mol. The van der Waals surface area contributed by atoms with Crippen molar-refractivity contribution in [1.29, 1.82) is 0 Å². The molecular formula is C17H14ClN3O2S. The van der Waals surface area contributed by atoms with Gasteiger partial charge in [-0.1, -0.05) is 47.2 Å². The van der Waals surface area contributed by atoms with Gasteiger partial charge in [0.1, 0.15) is 10.8 Å². The zero-order valence-corrected chi connectivity index (χ0v) is 14.2. The average molecular weight is 360 g/mol. The molecule has 3 aromatic rings. The molecule has 0 saturated heterocycles. The molecule has 122 valence electrons. The largest absolute Gasteiger partial charge is 0.483 e. The molecule has 1 saturated carbocycles. The molecule has 0 radical (unpaired) electrons. The summed E-state index contributed by atoms with van der Waals surface area (Å²) in [4.78, 5) is 12.1. The Morgan fingerprint density at radius 3 is 2.79 bits per heavy atom. The van der Waals surface area contributed by atoms with Gasteiger partial charge in [-0.3, -0.25) is 10.1 Å². The van der Waals surface area contributed by atoms with E-state index in [1.807, 2.05) is 24.3 Å². The van der Waals surface area contributed by atoms with Crippen LogP contribution in [0.5, 0.6) is 5.75 Å². The number of rotatable bonds is 5. The smallest absolute Gasteiger partial charge is 0.264 e. The van der Waals surface area contributed by atoms with E-state index in [9.17, 15) is 4.79 Å². The van der Waals surface area contributed by atoms with Crippen LogP contribution < -0.4 is 10.1 Å². The third-order valence-corrected chi connectivity index (χ3v) is 5.13. The molecule has 7 heteroatoms. The van der Waals surface area contributed by atoms with Gasteiger partial charge in [0.25, 0.3) is 5.91 Å². The second kappa shape index (κ2) is 6.37. The van der Waals surface area contributed by atoms with E-state index < -0.39 is 0 Å². The fourth-order valence-electron chi connectivity index (χ4n) is 2.44. The molecule has 0 aliphatic heterocycles. The normalized spacial score (nSPS) is 13.9. The highest BCUT2D eigenvalue weighted by Crippen LogP contribution is 2.42. The maximum absolute atomic E-state index is 12.1. The quantitative estimate of drug-likeness (QED) is 0.740. The van der Waals surface area contributed by atoms with E-state index in [0.29, 0.717) is 21.8 Å². The zero-order valence-electron chi connectivity index (χ0n) is 12.7. The van der Waals surface area contributed by atoms with Gasteiger partial charge in [-0.05, 0) is 25.0 Å². The molecule has 1 aliphatic rings. The first-order chi connectivity index (χ1) is 11.7. The number of ether oxygens (including phenoxy) is 1. The Hall–Kier alpha value is -2.18. The molecule has 1 heterocycles. The second-order valence-electron chi connectivity index (χ2n) is 5.65. The highest BCUT2D eigenvalue weighted by molar-refractivity contribution is 7.15. The van der Waals surface area contributed by atoms with Crippen molar-refractivity contribution in [2.45, 2.75) is 18.8 Å². The van der Waals surface area contributed by atoms with Crippen LogP contribution in [-0.2, 0) is 4.79 Å². The number of anilines is 1. The van der Waals surface area contributed by atoms with E-state index >= 15 is 0 Å². The Balaban J connectivity index is 1.42. The summed E-state index contributed by atoms with van der Waals surface area (Å²) < 4.78 is 5.66. The molecule has 1 N–H and O–H groups in total. The van der Waals surface area contributed by atoms with Crippen LogP contribution in [0.2, 0.25) is 5.02 Å². The lowest BCUT2D eigenvalue weighted by Crippen LogP contribution is -2.20. The first kappa shape index (κ1) is 15.4. The average Bonchev–Trinajstić information content (AvgIpc) is 3.35. The third kappa shape index (κ3) is 3.20. The van der Waals surface area contributed by atoms with Crippen LogP contribution >= 0.6 is 22.9 Å². The van der Waals surface area contributed by atoms with E-state index in [1.165, 1.54) is 11.3 Å². The zero-order chi connectivity index (χ0) is 16.5. The number of carbonyl (C=O) groups excluding carboxylic acids is 1. The van der Waals surface area contributed by atoms with Crippen LogP contribution in [0.15, 0.2) is 36.4 Å². The van der Waals surface area contributed by atoms with E-state index in [-0.39, 0.29) is 12.5 Å². The Labute approximate surface area is 147 Å². The topological polar surface area (TPSA) is 64.1 Å². The number of hydrogen-bond acceptors (Lipinski definition) is 5. The summed E-state index contributed by atoms with van der Waals surface area (Å²) in [6, 6.07) is 11.2. The summed E-state index contributed by atoms with van der Waals surface area (Å²) in [7, 11) is 0. The molecule has 2 aromatic carbocycles. The standard InChI is InChI=1S/C17H14ClN3O2S/c18-13-7-8-14(12-4-2-1-3-11(12)13)23-9-15(22)19-17-21-20-16(24-17)10-5-6-10/h1-4,7-8,10H,5-6,9H2,(H,19,21,22). The Kier molecular flexibility index (Phi) is 4.08. The summed E-state index contributed by atoms with van der Waals surface area (Å²) in [6.45, 7) is -0.0933. The van der Waals surface area contributed by atoms with Crippen molar-refractivity contribution in [3.8, 4) is 5.75 Å². The molecule has 1 amide bonds. The van der Waals surface area contributed by atoms with Crippen molar-refractivity contribution < 1.29 is 9.53 Å². The lowest BCUT2D eigenvalue weighted by atomic mass is 10.1.